The lowest BCUT2D eigenvalue weighted by Gasteiger charge is -2.28. The lowest BCUT2D eigenvalue weighted by molar-refractivity contribution is -0.121. The first-order valence-corrected chi connectivity index (χ1v) is 13.2. The summed E-state index contributed by atoms with van der Waals surface area (Å²) in [4.78, 5) is 41.8. The molecular weight excluding hydrogens is 486 g/mol. The molecule has 3 aromatic rings. The number of nitrogens with zero attached hydrogens (tertiary/aromatic N) is 1. The molecule has 1 atom stereocenters. The summed E-state index contributed by atoms with van der Waals surface area (Å²) >= 11 is 0. The Morgan fingerprint density at radius 2 is 1.97 bits per heavy atom. The molecule has 2 aromatic carbocycles. The van der Waals surface area contributed by atoms with Crippen LogP contribution in [0.4, 0.5) is 5.69 Å². The Bertz CT molecular complexity index is 1370. The molecule has 1 saturated heterocycles. The van der Waals surface area contributed by atoms with E-state index >= 15 is 0 Å². The Hall–Kier alpha value is -3.63. The summed E-state index contributed by atoms with van der Waals surface area (Å²) in [6.07, 6.45) is 2.75. The van der Waals surface area contributed by atoms with Crippen LogP contribution >= 0.6 is 0 Å². The summed E-state index contributed by atoms with van der Waals surface area (Å²) in [5.74, 6) is 0.359. The molecule has 202 valence electrons. The maximum atomic E-state index is 13.0. The lowest BCUT2D eigenvalue weighted by Crippen LogP contribution is -2.48. The number of carbonyl (C=O) groups excluding carboxylic acids is 2. The van der Waals surface area contributed by atoms with E-state index in [4.69, 9.17) is 9.47 Å². The highest BCUT2D eigenvalue weighted by molar-refractivity contribution is 6.05. The van der Waals surface area contributed by atoms with E-state index in [0.29, 0.717) is 67.7 Å². The van der Waals surface area contributed by atoms with Crippen LogP contribution in [0.1, 0.15) is 47.6 Å². The van der Waals surface area contributed by atoms with E-state index in [1.54, 1.807) is 23.8 Å². The van der Waals surface area contributed by atoms with Crippen LogP contribution in [0, 0.1) is 12.8 Å². The number of aromatic amines is 1. The largest absolute Gasteiger partial charge is 0.496 e. The zero-order valence-electron chi connectivity index (χ0n) is 21.8. The topological polar surface area (TPSA) is 126 Å². The number of methoxy groups -OCH3 is 1. The maximum Gasteiger partial charge on any atom is 0.326 e. The minimum atomic E-state index is -0.234. The van der Waals surface area contributed by atoms with Crippen LogP contribution < -0.4 is 26.4 Å². The van der Waals surface area contributed by atoms with Crippen molar-refractivity contribution in [1.29, 1.82) is 0 Å². The van der Waals surface area contributed by atoms with E-state index in [1.165, 1.54) is 0 Å². The summed E-state index contributed by atoms with van der Waals surface area (Å²) in [6.45, 7) is 4.39. The predicted octanol–water partition coefficient (Wildman–Crippen LogP) is 2.73. The predicted molar refractivity (Wildman–Crippen MR) is 145 cm³/mol. The highest BCUT2D eigenvalue weighted by atomic mass is 16.5. The first-order chi connectivity index (χ1) is 18.4. The van der Waals surface area contributed by atoms with Gasteiger partial charge in [0.25, 0.3) is 5.91 Å². The second kappa shape index (κ2) is 11.4. The number of amides is 2. The molecule has 38 heavy (non-hydrogen) atoms. The molecule has 10 nitrogen and oxygen atoms in total. The second-order valence-corrected chi connectivity index (χ2v) is 10.1. The number of anilines is 1. The van der Waals surface area contributed by atoms with Gasteiger partial charge in [0.1, 0.15) is 5.75 Å². The standard InChI is InChI=1S/C28H35N5O5/c1-17-6-9-19(14-24(17)37-2)31-26(34)18-7-10-21(11-8-18)33-23-5-3-4-22(25(23)32-28(33)36)27(35)30-15-20-16-38-13-12-29-20/h3-6,9,14,18,20-21,29H,7-8,10-13,15-16H2,1-2H3,(H,30,35)(H,31,34)(H,32,36)/t18-,20?,21+. The molecule has 10 heteroatoms. The quantitative estimate of drug-likeness (QED) is 0.379. The molecule has 1 aliphatic heterocycles. The highest BCUT2D eigenvalue weighted by Gasteiger charge is 2.29. The first-order valence-electron chi connectivity index (χ1n) is 13.2. The number of aromatic nitrogens is 2. The number of para-hydroxylation sites is 1. The van der Waals surface area contributed by atoms with Crippen LogP contribution in [0.3, 0.4) is 0 Å². The van der Waals surface area contributed by atoms with Gasteiger partial charge in [-0.1, -0.05) is 12.1 Å². The van der Waals surface area contributed by atoms with Gasteiger partial charge in [0, 0.05) is 42.8 Å². The van der Waals surface area contributed by atoms with Crippen LogP contribution in [0.15, 0.2) is 41.2 Å². The van der Waals surface area contributed by atoms with Gasteiger partial charge in [-0.2, -0.15) is 0 Å². The van der Waals surface area contributed by atoms with E-state index in [2.05, 4.69) is 20.9 Å². The minimum Gasteiger partial charge on any atom is -0.496 e. The average Bonchev–Trinajstić information content (AvgIpc) is 3.29. The van der Waals surface area contributed by atoms with Gasteiger partial charge in [0.05, 0.1) is 36.9 Å². The number of hydrogen-bond acceptors (Lipinski definition) is 6. The van der Waals surface area contributed by atoms with Crippen molar-refractivity contribution in [2.45, 2.75) is 44.7 Å². The van der Waals surface area contributed by atoms with Gasteiger partial charge < -0.3 is 30.4 Å². The molecule has 0 radical (unpaired) electrons. The Morgan fingerprint density at radius 1 is 1.16 bits per heavy atom. The number of aryl methyl sites for hydroxylation is 1. The number of fused-ring (bicyclic) bond motifs is 1. The fourth-order valence-corrected chi connectivity index (χ4v) is 5.50. The third-order valence-corrected chi connectivity index (χ3v) is 7.61. The Morgan fingerprint density at radius 3 is 2.71 bits per heavy atom. The maximum absolute atomic E-state index is 13.0. The number of morpholine rings is 1. The second-order valence-electron chi connectivity index (χ2n) is 10.1. The molecule has 1 aliphatic carbocycles. The average molecular weight is 522 g/mol. The fourth-order valence-electron chi connectivity index (χ4n) is 5.50. The van der Waals surface area contributed by atoms with Gasteiger partial charge >= 0.3 is 5.69 Å². The van der Waals surface area contributed by atoms with Crippen molar-refractivity contribution < 1.29 is 19.1 Å². The van der Waals surface area contributed by atoms with E-state index < -0.39 is 0 Å². The first kappa shape index (κ1) is 26.0. The fraction of sp³-hybridized carbons (Fsp3) is 0.464. The third-order valence-electron chi connectivity index (χ3n) is 7.61. The van der Waals surface area contributed by atoms with Crippen molar-refractivity contribution in [3.05, 3.63) is 58.0 Å². The summed E-state index contributed by atoms with van der Waals surface area (Å²) in [6, 6.07) is 11.0. The molecule has 2 aliphatic rings. The Balaban J connectivity index is 1.24. The summed E-state index contributed by atoms with van der Waals surface area (Å²) in [5.41, 5.74) is 3.17. The van der Waals surface area contributed by atoms with Crippen molar-refractivity contribution in [1.82, 2.24) is 20.2 Å². The summed E-state index contributed by atoms with van der Waals surface area (Å²) < 4.78 is 12.6. The van der Waals surface area contributed by atoms with Gasteiger partial charge in [-0.3, -0.25) is 14.2 Å². The summed E-state index contributed by atoms with van der Waals surface area (Å²) in [5, 5.41) is 9.28. The monoisotopic (exact) mass is 521 g/mol. The Labute approximate surface area is 221 Å². The van der Waals surface area contributed by atoms with Crippen LogP contribution in [-0.2, 0) is 9.53 Å². The number of rotatable bonds is 7. The highest BCUT2D eigenvalue weighted by Crippen LogP contribution is 2.34. The van der Waals surface area contributed by atoms with E-state index in [1.807, 2.05) is 31.2 Å². The van der Waals surface area contributed by atoms with Gasteiger partial charge in [-0.25, -0.2) is 4.79 Å². The SMILES string of the molecule is COc1cc(NC(=O)[C@H]2CC[C@@H](n3c(=O)[nH]c4c(C(=O)NCC5COCCN5)cccc43)CC2)ccc1C. The molecule has 2 fully saturated rings. The zero-order chi connectivity index (χ0) is 26.6. The van der Waals surface area contributed by atoms with E-state index in [0.717, 1.165) is 17.9 Å². The zero-order valence-corrected chi connectivity index (χ0v) is 21.8. The van der Waals surface area contributed by atoms with Crippen LogP contribution in [0.25, 0.3) is 11.0 Å². The number of H-pyrrole nitrogens is 1. The van der Waals surface area contributed by atoms with Crippen molar-refractivity contribution in [3.8, 4) is 5.75 Å². The number of nitrogens with one attached hydrogen (secondary N) is 4. The molecule has 1 aromatic heterocycles. The van der Waals surface area contributed by atoms with Crippen LogP contribution in [-0.4, -0.2) is 60.8 Å². The van der Waals surface area contributed by atoms with Gasteiger partial charge in [0.2, 0.25) is 5.91 Å². The minimum absolute atomic E-state index is 0.0163. The van der Waals surface area contributed by atoms with Crippen molar-refractivity contribution in [2.24, 2.45) is 5.92 Å². The molecule has 2 amide bonds. The molecule has 5 rings (SSSR count). The molecule has 0 spiro atoms. The van der Waals surface area contributed by atoms with Crippen LogP contribution in [0.2, 0.25) is 0 Å². The molecule has 1 saturated carbocycles. The smallest absolute Gasteiger partial charge is 0.326 e. The number of hydrogen-bond donors (Lipinski definition) is 4. The van der Waals surface area contributed by atoms with E-state index in [9.17, 15) is 14.4 Å². The number of ether oxygens (including phenoxy) is 2. The normalized spacial score (nSPS) is 21.7. The molecule has 2 heterocycles. The van der Waals surface area contributed by atoms with Gasteiger partial charge in [-0.15, -0.1) is 0 Å². The van der Waals surface area contributed by atoms with Crippen molar-refractivity contribution in [2.75, 3.05) is 38.7 Å². The summed E-state index contributed by atoms with van der Waals surface area (Å²) in [7, 11) is 1.61. The number of carbonyl (C=O) groups is 2. The van der Waals surface area contributed by atoms with Gasteiger partial charge in [-0.05, 0) is 56.4 Å². The molecular formula is C28H35N5O5. The van der Waals surface area contributed by atoms with Crippen LogP contribution in [0.5, 0.6) is 5.75 Å². The number of imidazole rings is 1. The van der Waals surface area contributed by atoms with Crippen molar-refractivity contribution >= 4 is 28.5 Å². The van der Waals surface area contributed by atoms with Gasteiger partial charge in [0.15, 0.2) is 0 Å². The number of benzene rings is 2. The molecule has 0 bridgehead atoms. The third kappa shape index (κ3) is 5.46. The van der Waals surface area contributed by atoms with E-state index in [-0.39, 0.29) is 35.5 Å². The molecule has 1 unspecified atom stereocenters. The molecule has 4 N–H and O–H groups in total. The lowest BCUT2D eigenvalue weighted by atomic mass is 9.85. The Kier molecular flexibility index (Phi) is 7.80. The van der Waals surface area contributed by atoms with Crippen molar-refractivity contribution in [3.63, 3.8) is 0 Å².